The molecule has 1 aromatic carbocycles. The second-order valence-corrected chi connectivity index (χ2v) is 5.20. The van der Waals surface area contributed by atoms with Crippen LogP contribution in [-0.4, -0.2) is 25.7 Å². The predicted octanol–water partition coefficient (Wildman–Crippen LogP) is 2.25. The van der Waals surface area contributed by atoms with E-state index in [1.165, 1.54) is 12.7 Å². The third kappa shape index (κ3) is 4.24. The monoisotopic (exact) mass is 265 g/mol. The SMILES string of the molecule is CCC(C)(C)c1ccc(OCC(N)C(=O)OC)cc1. The van der Waals surface area contributed by atoms with Gasteiger partial charge in [0, 0.05) is 0 Å². The number of carbonyl (C=O) groups is 1. The maximum absolute atomic E-state index is 11.1. The highest BCUT2D eigenvalue weighted by Crippen LogP contribution is 2.27. The number of hydrogen-bond acceptors (Lipinski definition) is 4. The molecule has 19 heavy (non-hydrogen) atoms. The van der Waals surface area contributed by atoms with Gasteiger partial charge in [-0.3, -0.25) is 4.79 Å². The first-order chi connectivity index (χ1) is 8.90. The Labute approximate surface area is 114 Å². The van der Waals surface area contributed by atoms with Gasteiger partial charge in [0.15, 0.2) is 0 Å². The van der Waals surface area contributed by atoms with Crippen molar-refractivity contribution in [2.75, 3.05) is 13.7 Å². The Hall–Kier alpha value is -1.55. The van der Waals surface area contributed by atoms with Crippen molar-refractivity contribution in [3.63, 3.8) is 0 Å². The zero-order chi connectivity index (χ0) is 14.5. The molecule has 0 aliphatic carbocycles. The lowest BCUT2D eigenvalue weighted by molar-refractivity contribution is -0.142. The van der Waals surface area contributed by atoms with E-state index in [1.54, 1.807) is 0 Å². The maximum Gasteiger partial charge on any atom is 0.326 e. The molecule has 4 nitrogen and oxygen atoms in total. The maximum atomic E-state index is 11.1. The molecule has 0 amide bonds. The van der Waals surface area contributed by atoms with Gasteiger partial charge in [-0.15, -0.1) is 0 Å². The van der Waals surface area contributed by atoms with Crippen molar-refractivity contribution in [1.82, 2.24) is 0 Å². The number of benzene rings is 1. The quantitative estimate of drug-likeness (QED) is 0.801. The fourth-order valence-corrected chi connectivity index (χ4v) is 1.61. The highest BCUT2D eigenvalue weighted by molar-refractivity contribution is 5.75. The van der Waals surface area contributed by atoms with E-state index in [1.807, 2.05) is 24.3 Å². The van der Waals surface area contributed by atoms with Crippen LogP contribution in [0.5, 0.6) is 5.75 Å². The van der Waals surface area contributed by atoms with Gasteiger partial charge >= 0.3 is 5.97 Å². The molecule has 0 radical (unpaired) electrons. The van der Waals surface area contributed by atoms with Crippen LogP contribution in [0.2, 0.25) is 0 Å². The first-order valence-electron chi connectivity index (χ1n) is 6.47. The van der Waals surface area contributed by atoms with Gasteiger partial charge in [0.2, 0.25) is 0 Å². The molecule has 0 aliphatic rings. The minimum absolute atomic E-state index is 0.114. The van der Waals surface area contributed by atoms with Crippen molar-refractivity contribution in [1.29, 1.82) is 0 Å². The summed E-state index contributed by atoms with van der Waals surface area (Å²) in [5, 5.41) is 0. The van der Waals surface area contributed by atoms with Crippen molar-refractivity contribution in [2.45, 2.75) is 38.6 Å². The van der Waals surface area contributed by atoms with Gasteiger partial charge in [0.25, 0.3) is 0 Å². The molecular weight excluding hydrogens is 242 g/mol. The smallest absolute Gasteiger partial charge is 0.326 e. The Morgan fingerprint density at radius 2 is 1.89 bits per heavy atom. The molecule has 0 spiro atoms. The van der Waals surface area contributed by atoms with Crippen LogP contribution < -0.4 is 10.5 Å². The van der Waals surface area contributed by atoms with Gasteiger partial charge in [-0.2, -0.15) is 0 Å². The molecule has 1 atom stereocenters. The molecule has 1 unspecified atom stereocenters. The second kappa shape index (κ2) is 6.57. The molecule has 0 aromatic heterocycles. The Morgan fingerprint density at radius 1 is 1.32 bits per heavy atom. The van der Waals surface area contributed by atoms with Crippen LogP contribution in [0.4, 0.5) is 0 Å². The van der Waals surface area contributed by atoms with Crippen molar-refractivity contribution in [3.8, 4) is 5.75 Å². The van der Waals surface area contributed by atoms with Crippen molar-refractivity contribution in [3.05, 3.63) is 29.8 Å². The summed E-state index contributed by atoms with van der Waals surface area (Å²) in [5.74, 6) is 0.235. The fraction of sp³-hybridized carbons (Fsp3) is 0.533. The lowest BCUT2D eigenvalue weighted by Crippen LogP contribution is -2.37. The van der Waals surface area contributed by atoms with Crippen LogP contribution in [0.3, 0.4) is 0 Å². The topological polar surface area (TPSA) is 61.5 Å². The molecule has 0 bridgehead atoms. The van der Waals surface area contributed by atoms with Gasteiger partial charge in [-0.25, -0.2) is 0 Å². The zero-order valence-corrected chi connectivity index (χ0v) is 12.1. The second-order valence-electron chi connectivity index (χ2n) is 5.20. The van der Waals surface area contributed by atoms with Crippen LogP contribution >= 0.6 is 0 Å². The summed E-state index contributed by atoms with van der Waals surface area (Å²) in [6.07, 6.45) is 1.07. The number of rotatable bonds is 6. The number of hydrogen-bond donors (Lipinski definition) is 1. The van der Waals surface area contributed by atoms with Crippen LogP contribution in [0.25, 0.3) is 0 Å². The van der Waals surface area contributed by atoms with Gasteiger partial charge in [-0.05, 0) is 29.5 Å². The number of esters is 1. The largest absolute Gasteiger partial charge is 0.491 e. The number of carbonyl (C=O) groups excluding carboxylic acids is 1. The standard InChI is InChI=1S/C15H23NO3/c1-5-15(2,3)11-6-8-12(9-7-11)19-10-13(16)14(17)18-4/h6-9,13H,5,10,16H2,1-4H3. The van der Waals surface area contributed by atoms with Crippen molar-refractivity contribution in [2.24, 2.45) is 5.73 Å². The molecule has 0 saturated carbocycles. The van der Waals surface area contributed by atoms with E-state index in [0.29, 0.717) is 5.75 Å². The van der Waals surface area contributed by atoms with Crippen LogP contribution in [0.15, 0.2) is 24.3 Å². The Bertz CT molecular complexity index is 412. The van der Waals surface area contributed by atoms with Gasteiger partial charge < -0.3 is 15.2 Å². The summed E-state index contributed by atoms with van der Waals surface area (Å²) in [7, 11) is 1.31. The average molecular weight is 265 g/mol. The Morgan fingerprint density at radius 3 is 2.37 bits per heavy atom. The Kier molecular flexibility index (Phi) is 5.36. The van der Waals surface area contributed by atoms with E-state index < -0.39 is 12.0 Å². The molecule has 0 saturated heterocycles. The van der Waals surface area contributed by atoms with Crippen LogP contribution in [-0.2, 0) is 14.9 Å². The van der Waals surface area contributed by atoms with Gasteiger partial charge in [-0.1, -0.05) is 32.9 Å². The normalized spacial score (nSPS) is 12.9. The third-order valence-electron chi connectivity index (χ3n) is 3.45. The van der Waals surface area contributed by atoms with E-state index in [2.05, 4.69) is 25.5 Å². The summed E-state index contributed by atoms with van der Waals surface area (Å²) in [6.45, 7) is 6.69. The van der Waals surface area contributed by atoms with E-state index in [0.717, 1.165) is 6.42 Å². The summed E-state index contributed by atoms with van der Waals surface area (Å²) in [4.78, 5) is 11.1. The van der Waals surface area contributed by atoms with E-state index >= 15 is 0 Å². The molecule has 2 N–H and O–H groups in total. The number of ether oxygens (including phenoxy) is 2. The van der Waals surface area contributed by atoms with Gasteiger partial charge in [0.1, 0.15) is 18.4 Å². The predicted molar refractivity (Wildman–Crippen MR) is 75.2 cm³/mol. The molecule has 4 heteroatoms. The molecule has 106 valence electrons. The average Bonchev–Trinajstić information content (AvgIpc) is 2.44. The summed E-state index contributed by atoms with van der Waals surface area (Å²) < 4.78 is 10.0. The molecule has 1 aromatic rings. The summed E-state index contributed by atoms with van der Waals surface area (Å²) >= 11 is 0. The van der Waals surface area contributed by atoms with E-state index in [9.17, 15) is 4.79 Å². The van der Waals surface area contributed by atoms with E-state index in [-0.39, 0.29) is 12.0 Å². The van der Waals surface area contributed by atoms with E-state index in [4.69, 9.17) is 10.5 Å². The van der Waals surface area contributed by atoms with Crippen LogP contribution in [0, 0.1) is 0 Å². The van der Waals surface area contributed by atoms with Crippen molar-refractivity contribution >= 4 is 5.97 Å². The fourth-order valence-electron chi connectivity index (χ4n) is 1.61. The minimum Gasteiger partial charge on any atom is -0.491 e. The molecule has 0 fully saturated rings. The highest BCUT2D eigenvalue weighted by atomic mass is 16.5. The van der Waals surface area contributed by atoms with Gasteiger partial charge in [0.05, 0.1) is 7.11 Å². The third-order valence-corrected chi connectivity index (χ3v) is 3.45. The first-order valence-corrected chi connectivity index (χ1v) is 6.47. The van der Waals surface area contributed by atoms with Crippen LogP contribution in [0.1, 0.15) is 32.8 Å². The summed E-state index contributed by atoms with van der Waals surface area (Å²) in [5.41, 5.74) is 7.01. The molecular formula is C15H23NO3. The minimum atomic E-state index is -0.753. The lowest BCUT2D eigenvalue weighted by atomic mass is 9.82. The first kappa shape index (κ1) is 15.5. The molecule has 0 aliphatic heterocycles. The number of methoxy groups -OCH3 is 1. The summed E-state index contributed by atoms with van der Waals surface area (Å²) in [6, 6.07) is 7.13. The zero-order valence-electron chi connectivity index (χ0n) is 12.1. The molecule has 0 heterocycles. The van der Waals surface area contributed by atoms with Crippen molar-refractivity contribution < 1.29 is 14.3 Å². The highest BCUT2D eigenvalue weighted by Gasteiger charge is 2.18. The Balaban J connectivity index is 2.60. The molecule has 1 rings (SSSR count). The number of nitrogens with two attached hydrogens (primary N) is 1. The lowest BCUT2D eigenvalue weighted by Gasteiger charge is -2.23.